The molecule has 1 rings (SSSR count). The highest BCUT2D eigenvalue weighted by Gasteiger charge is 2.34. The summed E-state index contributed by atoms with van der Waals surface area (Å²) in [6.45, 7) is 4.92. The third-order valence-corrected chi connectivity index (χ3v) is 2.65. The fourth-order valence-electron chi connectivity index (χ4n) is 1.45. The van der Waals surface area contributed by atoms with Crippen molar-refractivity contribution in [2.24, 2.45) is 5.73 Å². The maximum atomic E-state index is 12.7. The highest BCUT2D eigenvalue weighted by molar-refractivity contribution is 6.31. The van der Waals surface area contributed by atoms with Gasteiger partial charge in [-0.15, -0.1) is 0 Å². The zero-order chi connectivity index (χ0) is 15.7. The van der Waals surface area contributed by atoms with Gasteiger partial charge in [0, 0.05) is 0 Å². The van der Waals surface area contributed by atoms with Crippen molar-refractivity contribution in [3.05, 3.63) is 34.3 Å². The zero-order valence-electron chi connectivity index (χ0n) is 11.2. The summed E-state index contributed by atoms with van der Waals surface area (Å²) in [6.07, 6.45) is -4.61. The van der Waals surface area contributed by atoms with Crippen molar-refractivity contribution >= 4 is 17.6 Å². The van der Waals surface area contributed by atoms with Crippen LogP contribution in [0.3, 0.4) is 0 Å². The van der Waals surface area contributed by atoms with Crippen molar-refractivity contribution in [1.29, 1.82) is 0 Å². The van der Waals surface area contributed by atoms with Gasteiger partial charge in [-0.05, 0) is 38.5 Å². The fraction of sp³-hybridized carbons (Fsp3) is 0.462. The Balaban J connectivity index is 3.06. The molecule has 3 nitrogen and oxygen atoms in total. The number of benzene rings is 1. The normalized spacial score (nSPS) is 14.0. The molecule has 0 aliphatic carbocycles. The lowest BCUT2D eigenvalue weighted by Crippen LogP contribution is -2.31. The van der Waals surface area contributed by atoms with E-state index in [1.54, 1.807) is 20.8 Å². The maximum absolute atomic E-state index is 12.7. The van der Waals surface area contributed by atoms with Gasteiger partial charge in [-0.25, -0.2) is 4.79 Å². The number of rotatable bonds is 2. The highest BCUT2D eigenvalue weighted by Crippen LogP contribution is 2.36. The lowest BCUT2D eigenvalue weighted by Gasteiger charge is -2.22. The molecule has 1 aromatic carbocycles. The van der Waals surface area contributed by atoms with Crippen molar-refractivity contribution in [3.8, 4) is 0 Å². The number of alkyl halides is 3. The molecule has 0 spiro atoms. The van der Waals surface area contributed by atoms with Crippen molar-refractivity contribution in [2.45, 2.75) is 38.6 Å². The lowest BCUT2D eigenvalue weighted by molar-refractivity contribution is -0.156. The summed E-state index contributed by atoms with van der Waals surface area (Å²) in [5, 5.41) is -0.447. The smallest absolute Gasteiger partial charge is 0.417 e. The van der Waals surface area contributed by atoms with E-state index < -0.39 is 34.4 Å². The second kappa shape index (κ2) is 5.61. The molecule has 2 N–H and O–H groups in total. The lowest BCUT2D eigenvalue weighted by atomic mass is 10.0. The quantitative estimate of drug-likeness (QED) is 0.847. The Labute approximate surface area is 119 Å². The average molecular weight is 310 g/mol. The molecule has 0 aliphatic rings. The predicted octanol–water partition coefficient (Wildman–Crippen LogP) is 3.70. The molecule has 1 atom stereocenters. The van der Waals surface area contributed by atoms with Gasteiger partial charge in [0.2, 0.25) is 0 Å². The first-order valence-corrected chi connectivity index (χ1v) is 6.14. The summed E-state index contributed by atoms with van der Waals surface area (Å²) in [4.78, 5) is 11.7. The molecule has 0 bridgehead atoms. The van der Waals surface area contributed by atoms with E-state index in [0.717, 1.165) is 12.1 Å². The predicted molar refractivity (Wildman–Crippen MR) is 69.2 cm³/mol. The number of hydrogen-bond acceptors (Lipinski definition) is 3. The molecular formula is C13H15ClF3NO2. The minimum absolute atomic E-state index is 0.00373. The van der Waals surface area contributed by atoms with Crippen molar-refractivity contribution in [2.75, 3.05) is 0 Å². The molecule has 20 heavy (non-hydrogen) atoms. The van der Waals surface area contributed by atoms with Gasteiger partial charge in [-0.3, -0.25) is 0 Å². The summed E-state index contributed by atoms with van der Waals surface area (Å²) in [6, 6.07) is 1.79. The molecule has 112 valence electrons. The van der Waals surface area contributed by atoms with E-state index in [1.807, 2.05) is 0 Å². The number of esters is 1. The second-order valence-electron chi connectivity index (χ2n) is 5.25. The van der Waals surface area contributed by atoms with Crippen molar-refractivity contribution in [1.82, 2.24) is 0 Å². The van der Waals surface area contributed by atoms with Gasteiger partial charge in [-0.1, -0.05) is 17.7 Å². The van der Waals surface area contributed by atoms with Crippen LogP contribution in [0.25, 0.3) is 0 Å². The number of carbonyl (C=O) groups is 1. The van der Waals surface area contributed by atoms with E-state index in [9.17, 15) is 18.0 Å². The first-order valence-electron chi connectivity index (χ1n) is 5.77. The van der Waals surface area contributed by atoms with Gasteiger partial charge in [0.25, 0.3) is 0 Å². The van der Waals surface area contributed by atoms with Gasteiger partial charge in [0.05, 0.1) is 10.6 Å². The van der Waals surface area contributed by atoms with Crippen LogP contribution in [-0.4, -0.2) is 11.6 Å². The number of ether oxygens (including phenoxy) is 1. The molecular weight excluding hydrogens is 295 g/mol. The molecule has 7 heteroatoms. The Hall–Kier alpha value is -1.27. The number of hydrogen-bond donors (Lipinski definition) is 1. The Bertz CT molecular complexity index is 509. The van der Waals surface area contributed by atoms with Crippen LogP contribution in [0.1, 0.15) is 37.9 Å². The summed E-state index contributed by atoms with van der Waals surface area (Å²) in [5.74, 6) is -0.798. The second-order valence-corrected chi connectivity index (χ2v) is 5.66. The van der Waals surface area contributed by atoms with Crippen LogP contribution in [0.2, 0.25) is 5.02 Å². The first kappa shape index (κ1) is 16.8. The van der Waals surface area contributed by atoms with E-state index in [2.05, 4.69) is 0 Å². The van der Waals surface area contributed by atoms with Crippen LogP contribution < -0.4 is 5.73 Å². The van der Waals surface area contributed by atoms with Crippen molar-refractivity contribution < 1.29 is 22.7 Å². The minimum atomic E-state index is -4.61. The van der Waals surface area contributed by atoms with Gasteiger partial charge < -0.3 is 10.5 Å². The summed E-state index contributed by atoms with van der Waals surface area (Å²) < 4.78 is 43.2. The minimum Gasteiger partial charge on any atom is -0.459 e. The van der Waals surface area contributed by atoms with Gasteiger partial charge in [-0.2, -0.15) is 13.2 Å². The van der Waals surface area contributed by atoms with Gasteiger partial charge in [0.1, 0.15) is 11.6 Å². The van der Waals surface area contributed by atoms with Crippen LogP contribution in [-0.2, 0) is 15.7 Å². The van der Waals surface area contributed by atoms with Crippen LogP contribution >= 0.6 is 11.6 Å². The van der Waals surface area contributed by atoms with Crippen LogP contribution in [0.4, 0.5) is 13.2 Å². The number of nitrogens with two attached hydrogens (primary N) is 1. The summed E-state index contributed by atoms with van der Waals surface area (Å²) >= 11 is 5.49. The molecule has 0 saturated heterocycles. The summed E-state index contributed by atoms with van der Waals surface area (Å²) in [5.41, 5.74) is 3.82. The van der Waals surface area contributed by atoms with Gasteiger partial charge >= 0.3 is 12.1 Å². The third kappa shape index (κ3) is 4.38. The molecule has 1 unspecified atom stereocenters. The Morgan fingerprint density at radius 2 is 1.85 bits per heavy atom. The molecule has 0 radical (unpaired) electrons. The topological polar surface area (TPSA) is 52.3 Å². The third-order valence-electron chi connectivity index (χ3n) is 2.32. The molecule has 0 aromatic heterocycles. The number of halogens is 4. The first-order chi connectivity index (χ1) is 8.92. The number of carbonyl (C=O) groups excluding carboxylic acids is 1. The fourth-order valence-corrected chi connectivity index (χ4v) is 1.68. The average Bonchev–Trinajstić information content (AvgIpc) is 2.24. The van der Waals surface area contributed by atoms with Crippen LogP contribution in [0, 0.1) is 0 Å². The van der Waals surface area contributed by atoms with Crippen molar-refractivity contribution in [3.63, 3.8) is 0 Å². The van der Waals surface area contributed by atoms with E-state index in [1.165, 1.54) is 6.07 Å². The Morgan fingerprint density at radius 3 is 2.30 bits per heavy atom. The molecule has 0 heterocycles. The molecule has 0 aliphatic heterocycles. The Kier molecular flexibility index (Phi) is 4.71. The molecule has 0 amide bonds. The SMILES string of the molecule is CC(C)(C)OC(=O)C(N)c1ccc(Cl)c(C(F)(F)F)c1. The van der Waals surface area contributed by atoms with E-state index in [0.29, 0.717) is 0 Å². The van der Waals surface area contributed by atoms with E-state index in [-0.39, 0.29) is 5.56 Å². The van der Waals surface area contributed by atoms with Crippen LogP contribution in [0.5, 0.6) is 0 Å². The standard InChI is InChI=1S/C13H15ClF3NO2/c1-12(2,3)20-11(19)10(18)7-4-5-9(14)8(6-7)13(15,16)17/h4-6,10H,18H2,1-3H3. The van der Waals surface area contributed by atoms with E-state index in [4.69, 9.17) is 22.1 Å². The highest BCUT2D eigenvalue weighted by atomic mass is 35.5. The van der Waals surface area contributed by atoms with Crippen LogP contribution in [0.15, 0.2) is 18.2 Å². The molecule has 0 saturated carbocycles. The Morgan fingerprint density at radius 1 is 1.30 bits per heavy atom. The van der Waals surface area contributed by atoms with Gasteiger partial charge in [0.15, 0.2) is 0 Å². The monoisotopic (exact) mass is 309 g/mol. The summed E-state index contributed by atoms with van der Waals surface area (Å²) in [7, 11) is 0. The largest absolute Gasteiger partial charge is 0.459 e. The molecule has 1 aromatic rings. The van der Waals surface area contributed by atoms with E-state index >= 15 is 0 Å². The molecule has 0 fully saturated rings. The zero-order valence-corrected chi connectivity index (χ0v) is 12.0. The maximum Gasteiger partial charge on any atom is 0.417 e.